The zero-order valence-electron chi connectivity index (χ0n) is 12.9. The van der Waals surface area contributed by atoms with Gasteiger partial charge in [-0.15, -0.1) is 5.11 Å². The summed E-state index contributed by atoms with van der Waals surface area (Å²) in [6.45, 7) is 0. The summed E-state index contributed by atoms with van der Waals surface area (Å²) in [5.41, 5.74) is 1.72. The normalized spacial score (nSPS) is 12.5. The van der Waals surface area contributed by atoms with Crippen LogP contribution in [0.15, 0.2) is 51.5 Å². The van der Waals surface area contributed by atoms with E-state index in [1.54, 1.807) is 12.1 Å². The molecule has 0 aliphatic rings. The van der Waals surface area contributed by atoms with Gasteiger partial charge >= 0.3 is 0 Å². The zero-order valence-corrected chi connectivity index (χ0v) is 14.5. The Bertz CT molecular complexity index is 1280. The first kappa shape index (κ1) is 16.5. The van der Waals surface area contributed by atoms with E-state index in [0.717, 1.165) is 5.39 Å². The van der Waals surface area contributed by atoms with Gasteiger partial charge < -0.3 is 5.11 Å². The van der Waals surface area contributed by atoms with Crippen LogP contribution in [0.3, 0.4) is 0 Å². The Morgan fingerprint density at radius 2 is 1.85 bits per heavy atom. The molecule has 5 N–H and O–H groups in total. The molecule has 134 valence electrons. The van der Waals surface area contributed by atoms with E-state index < -0.39 is 10.0 Å². The van der Waals surface area contributed by atoms with Crippen molar-refractivity contribution in [2.75, 3.05) is 0 Å². The summed E-state index contributed by atoms with van der Waals surface area (Å²) >= 11 is 6.07. The number of H-pyrrole nitrogens is 2. The van der Waals surface area contributed by atoms with E-state index in [2.05, 4.69) is 25.4 Å². The molecular formula is C15H13ClN6O3S. The number of azo groups is 1. The minimum atomic E-state index is -3.78. The maximum absolute atomic E-state index is 11.3. The molecule has 0 atom stereocenters. The number of halogens is 1. The van der Waals surface area contributed by atoms with Gasteiger partial charge in [0, 0.05) is 6.81 Å². The average molecular weight is 393 g/mol. The highest BCUT2D eigenvalue weighted by atomic mass is 35.5. The van der Waals surface area contributed by atoms with Gasteiger partial charge in [-0.2, -0.15) is 5.11 Å². The quantitative estimate of drug-likeness (QED) is 0.393. The molecule has 9 nitrogen and oxygen atoms in total. The van der Waals surface area contributed by atoms with Gasteiger partial charge in [-0.25, -0.2) is 18.5 Å². The van der Waals surface area contributed by atoms with Crippen LogP contribution in [-0.2, 0) is 10.0 Å². The van der Waals surface area contributed by atoms with Gasteiger partial charge in [-0.3, -0.25) is 10.2 Å². The van der Waals surface area contributed by atoms with Crippen molar-refractivity contribution in [1.29, 1.82) is 0 Å². The minimum Gasteiger partial charge on any atom is -0.492 e. The Balaban J connectivity index is 0.00000210. The lowest BCUT2D eigenvalue weighted by molar-refractivity contribution is 0.459. The van der Waals surface area contributed by atoms with E-state index in [9.17, 15) is 13.5 Å². The van der Waals surface area contributed by atoms with Gasteiger partial charge in [-0.1, -0.05) is 11.6 Å². The molecule has 0 spiro atoms. The molecule has 2 aromatic carbocycles. The Morgan fingerprint density at radius 3 is 2.54 bits per heavy atom. The number of sulfonamides is 1. The molecular weight excluding hydrogens is 380 g/mol. The van der Waals surface area contributed by atoms with E-state index in [4.69, 9.17) is 16.7 Å². The molecule has 26 heavy (non-hydrogen) atoms. The molecule has 0 saturated carbocycles. The van der Waals surface area contributed by atoms with Gasteiger partial charge in [0.15, 0.2) is 5.69 Å². The van der Waals surface area contributed by atoms with Crippen molar-refractivity contribution in [2.24, 2.45) is 15.4 Å². The third kappa shape index (κ3) is 2.69. The number of nitrogens with zero attached hydrogens (tertiary/aromatic N) is 3. The first-order chi connectivity index (χ1) is 12.3. The van der Waals surface area contributed by atoms with Crippen LogP contribution in [0, 0.1) is 0 Å². The number of rotatable bonds is 3. The van der Waals surface area contributed by atoms with Gasteiger partial charge in [0.05, 0.1) is 27.0 Å². The second-order valence-corrected chi connectivity index (χ2v) is 7.41. The van der Waals surface area contributed by atoms with Crippen LogP contribution in [0.1, 0.15) is 1.43 Å². The largest absolute Gasteiger partial charge is 0.492 e. The van der Waals surface area contributed by atoms with Crippen molar-refractivity contribution >= 4 is 54.8 Å². The molecule has 0 saturated heterocycles. The molecule has 0 aliphatic carbocycles. The van der Waals surface area contributed by atoms with Crippen LogP contribution in [0.5, 0.6) is 5.88 Å². The highest BCUT2D eigenvalue weighted by molar-refractivity contribution is 7.89. The summed E-state index contributed by atoms with van der Waals surface area (Å²) in [6, 6.07) is 9.03. The minimum absolute atomic E-state index is 0. The fourth-order valence-corrected chi connectivity index (χ4v) is 3.33. The molecule has 0 fully saturated rings. The molecule has 0 aliphatic heterocycles. The predicted molar refractivity (Wildman–Crippen MR) is 98.7 cm³/mol. The summed E-state index contributed by atoms with van der Waals surface area (Å²) in [4.78, 5) is 4.03. The number of hydrogen-bond donors (Lipinski definition) is 4. The van der Waals surface area contributed by atoms with Crippen molar-refractivity contribution in [3.63, 3.8) is 0 Å². The lowest BCUT2D eigenvalue weighted by Gasteiger charge is -1.98. The highest BCUT2D eigenvalue weighted by Gasteiger charge is 2.17. The molecule has 4 rings (SSSR count). The third-order valence-electron chi connectivity index (χ3n) is 3.82. The van der Waals surface area contributed by atoms with Gasteiger partial charge in [0.25, 0.3) is 0 Å². The van der Waals surface area contributed by atoms with E-state index >= 15 is 0 Å². The fraction of sp³-hybridized carbons (Fsp3) is 0. The van der Waals surface area contributed by atoms with Crippen molar-refractivity contribution in [1.82, 2.24) is 15.2 Å². The van der Waals surface area contributed by atoms with Gasteiger partial charge in [0.1, 0.15) is 5.15 Å². The number of aromatic amines is 2. The highest BCUT2D eigenvalue weighted by Crippen LogP contribution is 2.40. The van der Waals surface area contributed by atoms with Crippen LogP contribution >= 0.6 is 11.6 Å². The number of nitrogens with two attached hydrogens (primary N) is 1. The van der Waals surface area contributed by atoms with Gasteiger partial charge in [-0.05, 0) is 36.4 Å². The van der Waals surface area contributed by atoms with Gasteiger partial charge in [0.2, 0.25) is 15.9 Å². The number of nitrogens with one attached hydrogen (secondary N) is 2. The molecule has 2 heterocycles. The smallest absolute Gasteiger partial charge is 0.240 e. The van der Waals surface area contributed by atoms with Crippen LogP contribution in [0.4, 0.5) is 11.4 Å². The molecule has 0 amide bonds. The number of primary sulfonamides is 1. The molecule has 0 bridgehead atoms. The SMILES string of the molecule is NS(=O)(=O)c1ccc(N=Nc2c(O)nc3ccc4c(Cl)[nH][nH]c4c23)cc1.[HH]. The number of hydrogen-bond acceptors (Lipinski definition) is 6. The number of aromatic nitrogens is 3. The lowest BCUT2D eigenvalue weighted by atomic mass is 10.1. The van der Waals surface area contributed by atoms with Crippen molar-refractivity contribution in [3.8, 4) is 5.88 Å². The Hall–Kier alpha value is -2.95. The van der Waals surface area contributed by atoms with E-state index in [0.29, 0.717) is 27.3 Å². The predicted octanol–water partition coefficient (Wildman–Crippen LogP) is 3.71. The van der Waals surface area contributed by atoms with Crippen molar-refractivity contribution < 1.29 is 15.0 Å². The second kappa shape index (κ2) is 5.80. The molecule has 0 radical (unpaired) electrons. The van der Waals surface area contributed by atoms with Crippen LogP contribution in [-0.4, -0.2) is 28.7 Å². The standard InChI is InChI=1S/C15H11ClN6O3S.H2/c16-14-9-5-6-10-11(12(9)20-22-14)13(15(23)18-10)21-19-7-1-3-8(4-2-7)26(17,24)25;/h1-6,20,22-23H,(H2,17,24,25);1H. The maximum atomic E-state index is 11.3. The molecule has 0 unspecified atom stereocenters. The summed E-state index contributed by atoms with van der Waals surface area (Å²) in [6.07, 6.45) is 0. The average Bonchev–Trinajstić information content (AvgIpc) is 3.12. The van der Waals surface area contributed by atoms with E-state index in [1.807, 2.05) is 0 Å². The monoisotopic (exact) mass is 392 g/mol. The van der Waals surface area contributed by atoms with Crippen molar-refractivity contribution in [2.45, 2.75) is 4.90 Å². The molecule has 2 aromatic heterocycles. The summed E-state index contributed by atoms with van der Waals surface area (Å²) < 4.78 is 22.5. The Labute approximate surface area is 153 Å². The number of aromatic hydroxyl groups is 1. The molecule has 11 heteroatoms. The topological polar surface area (TPSA) is 150 Å². The summed E-state index contributed by atoms with van der Waals surface area (Å²) in [5.74, 6) is -0.275. The lowest BCUT2D eigenvalue weighted by Crippen LogP contribution is -2.11. The van der Waals surface area contributed by atoms with E-state index in [-0.39, 0.29) is 17.9 Å². The second-order valence-electron chi connectivity index (χ2n) is 5.47. The fourth-order valence-electron chi connectivity index (χ4n) is 2.61. The number of benzene rings is 2. The third-order valence-corrected chi connectivity index (χ3v) is 5.05. The number of fused-ring (bicyclic) bond motifs is 3. The Morgan fingerprint density at radius 1 is 1.12 bits per heavy atom. The zero-order chi connectivity index (χ0) is 18.5. The van der Waals surface area contributed by atoms with E-state index in [1.165, 1.54) is 24.3 Å². The van der Waals surface area contributed by atoms with Crippen LogP contribution in [0.25, 0.3) is 21.8 Å². The summed E-state index contributed by atoms with van der Waals surface area (Å²) in [5, 5.41) is 30.7. The van der Waals surface area contributed by atoms with Crippen molar-refractivity contribution in [3.05, 3.63) is 41.6 Å². The molecule has 4 aromatic rings. The van der Waals surface area contributed by atoms with Crippen LogP contribution in [0.2, 0.25) is 5.15 Å². The summed E-state index contributed by atoms with van der Waals surface area (Å²) in [7, 11) is -3.78. The van der Waals surface area contributed by atoms with Crippen LogP contribution < -0.4 is 5.14 Å². The first-order valence-electron chi connectivity index (χ1n) is 7.26. The maximum Gasteiger partial charge on any atom is 0.240 e. The first-order valence-corrected chi connectivity index (χ1v) is 9.19. The Kier molecular flexibility index (Phi) is 3.68.